The van der Waals surface area contributed by atoms with Crippen LogP contribution >= 0.6 is 0 Å². The number of aliphatic hydroxyl groups is 1. The molecule has 2 atom stereocenters. The highest BCUT2D eigenvalue weighted by molar-refractivity contribution is 5.81. The number of nitrogens with zero attached hydrogens (tertiary/aromatic N) is 2. The smallest absolute Gasteiger partial charge is 0.237 e. The molecule has 21 heavy (non-hydrogen) atoms. The van der Waals surface area contributed by atoms with Gasteiger partial charge in [0.1, 0.15) is 0 Å². The van der Waals surface area contributed by atoms with Gasteiger partial charge in [-0.3, -0.25) is 14.6 Å². The van der Waals surface area contributed by atoms with E-state index >= 15 is 0 Å². The van der Waals surface area contributed by atoms with E-state index in [9.17, 15) is 9.90 Å². The zero-order valence-corrected chi connectivity index (χ0v) is 13.6. The Morgan fingerprint density at radius 1 is 1.24 bits per heavy atom. The first-order chi connectivity index (χ1) is 10.1. The molecule has 5 heteroatoms. The molecule has 5 nitrogen and oxygen atoms in total. The summed E-state index contributed by atoms with van der Waals surface area (Å²) in [4.78, 5) is 16.9. The number of hydrogen-bond donors (Lipinski definition) is 2. The van der Waals surface area contributed by atoms with Crippen molar-refractivity contribution in [2.45, 2.75) is 64.1 Å². The first kappa shape index (κ1) is 16.7. The van der Waals surface area contributed by atoms with E-state index in [-0.39, 0.29) is 18.1 Å². The molecule has 0 aromatic heterocycles. The summed E-state index contributed by atoms with van der Waals surface area (Å²) in [5.41, 5.74) is 0. The van der Waals surface area contributed by atoms with Crippen molar-refractivity contribution in [3.63, 3.8) is 0 Å². The molecule has 2 N–H and O–H groups in total. The van der Waals surface area contributed by atoms with Crippen LogP contribution in [0.25, 0.3) is 0 Å². The summed E-state index contributed by atoms with van der Waals surface area (Å²) in [6, 6.07) is 0.366. The number of aliphatic hydroxyl groups excluding tert-OH is 1. The molecule has 1 aliphatic carbocycles. The summed E-state index contributed by atoms with van der Waals surface area (Å²) in [5, 5.41) is 12.9. The number of rotatable bonds is 6. The Hall–Kier alpha value is -0.650. The van der Waals surface area contributed by atoms with Crippen molar-refractivity contribution >= 4 is 5.91 Å². The Morgan fingerprint density at radius 2 is 1.86 bits per heavy atom. The minimum absolute atomic E-state index is 0.0381. The first-order valence-corrected chi connectivity index (χ1v) is 8.55. The third-order valence-corrected chi connectivity index (χ3v) is 4.98. The average molecular weight is 297 g/mol. The number of carbonyl (C=O) groups excluding carboxylic acids is 1. The third kappa shape index (κ3) is 4.94. The molecule has 2 rings (SSSR count). The highest BCUT2D eigenvalue weighted by atomic mass is 16.3. The van der Waals surface area contributed by atoms with Crippen LogP contribution in [0.2, 0.25) is 0 Å². The van der Waals surface area contributed by atoms with Gasteiger partial charge >= 0.3 is 0 Å². The van der Waals surface area contributed by atoms with Gasteiger partial charge in [0.25, 0.3) is 0 Å². The molecule has 0 radical (unpaired) electrons. The average Bonchev–Trinajstić information content (AvgIpc) is 3.00. The number of carbonyl (C=O) groups is 1. The molecule has 1 heterocycles. The Balaban J connectivity index is 1.71. The van der Waals surface area contributed by atoms with Gasteiger partial charge in [0.15, 0.2) is 0 Å². The van der Waals surface area contributed by atoms with Gasteiger partial charge in [-0.2, -0.15) is 0 Å². The van der Waals surface area contributed by atoms with Crippen LogP contribution in [0, 0.1) is 0 Å². The van der Waals surface area contributed by atoms with Gasteiger partial charge in [-0.25, -0.2) is 0 Å². The number of hydrogen-bond acceptors (Lipinski definition) is 4. The molecule has 0 aromatic rings. The van der Waals surface area contributed by atoms with Crippen molar-refractivity contribution in [1.29, 1.82) is 0 Å². The van der Waals surface area contributed by atoms with Crippen LogP contribution in [0.3, 0.4) is 0 Å². The summed E-state index contributed by atoms with van der Waals surface area (Å²) in [6.45, 7) is 8.49. The maximum atomic E-state index is 12.3. The van der Waals surface area contributed by atoms with Crippen molar-refractivity contribution < 1.29 is 9.90 Å². The van der Waals surface area contributed by atoms with Crippen LogP contribution < -0.4 is 5.32 Å². The van der Waals surface area contributed by atoms with Crippen molar-refractivity contribution in [3.8, 4) is 0 Å². The second-order valence-corrected chi connectivity index (χ2v) is 6.56. The molecule has 1 saturated heterocycles. The molecule has 0 bridgehead atoms. The van der Waals surface area contributed by atoms with Crippen LogP contribution in [-0.2, 0) is 4.79 Å². The highest BCUT2D eigenvalue weighted by Gasteiger charge is 2.27. The van der Waals surface area contributed by atoms with Crippen molar-refractivity contribution in [3.05, 3.63) is 0 Å². The number of nitrogens with one attached hydrogen (secondary N) is 1. The van der Waals surface area contributed by atoms with Crippen LogP contribution in [-0.4, -0.2) is 71.7 Å². The second-order valence-electron chi connectivity index (χ2n) is 6.56. The fourth-order valence-electron chi connectivity index (χ4n) is 3.32. The van der Waals surface area contributed by atoms with Gasteiger partial charge in [0, 0.05) is 38.8 Å². The van der Waals surface area contributed by atoms with Gasteiger partial charge in [0.05, 0.1) is 12.1 Å². The second kappa shape index (κ2) is 8.11. The van der Waals surface area contributed by atoms with Gasteiger partial charge in [-0.05, 0) is 26.2 Å². The summed E-state index contributed by atoms with van der Waals surface area (Å²) >= 11 is 0. The lowest BCUT2D eigenvalue weighted by Gasteiger charge is -2.38. The molecule has 1 amide bonds. The molecular formula is C16H31N3O2. The normalized spacial score (nSPS) is 24.9. The van der Waals surface area contributed by atoms with E-state index in [0.29, 0.717) is 6.04 Å². The van der Waals surface area contributed by atoms with E-state index in [1.807, 2.05) is 13.8 Å². The summed E-state index contributed by atoms with van der Waals surface area (Å²) in [6.07, 6.45) is 5.36. The molecule has 0 aromatic carbocycles. The Kier molecular flexibility index (Phi) is 6.45. The highest BCUT2D eigenvalue weighted by Crippen LogP contribution is 2.18. The molecule has 1 aliphatic heterocycles. The standard InChI is InChI=1S/C16H31N3O2/c1-3-15(20)12-18-8-10-19(11-9-18)13(2)16(21)17-14-6-4-5-7-14/h13-15,20H,3-12H2,1-2H3,(H,17,21). The minimum atomic E-state index is -0.223. The van der Waals surface area contributed by atoms with Crippen LogP contribution in [0.15, 0.2) is 0 Å². The zero-order chi connectivity index (χ0) is 15.2. The number of amides is 1. The molecule has 2 unspecified atom stereocenters. The van der Waals surface area contributed by atoms with Crippen LogP contribution in [0.1, 0.15) is 46.0 Å². The molecule has 0 spiro atoms. The van der Waals surface area contributed by atoms with Crippen molar-refractivity contribution in [1.82, 2.24) is 15.1 Å². The number of β-amino-alcohol motifs (C(OH)–C–C–N with tert-alkyl or cyclic N) is 1. The topological polar surface area (TPSA) is 55.8 Å². The lowest BCUT2D eigenvalue weighted by Crippen LogP contribution is -2.55. The predicted octanol–water partition coefficient (Wildman–Crippen LogP) is 0.822. The molecule has 2 fully saturated rings. The molecule has 2 aliphatic rings. The van der Waals surface area contributed by atoms with E-state index in [4.69, 9.17) is 0 Å². The van der Waals surface area contributed by atoms with E-state index < -0.39 is 0 Å². The van der Waals surface area contributed by atoms with E-state index in [1.165, 1.54) is 12.8 Å². The predicted molar refractivity (Wildman–Crippen MR) is 84.2 cm³/mol. The van der Waals surface area contributed by atoms with Crippen molar-refractivity contribution in [2.75, 3.05) is 32.7 Å². The summed E-state index contributed by atoms with van der Waals surface area (Å²) < 4.78 is 0. The maximum Gasteiger partial charge on any atom is 0.237 e. The van der Waals surface area contributed by atoms with E-state index in [0.717, 1.165) is 52.0 Å². The lowest BCUT2D eigenvalue weighted by molar-refractivity contribution is -0.127. The SMILES string of the molecule is CCC(O)CN1CCN(C(C)C(=O)NC2CCCC2)CC1. The van der Waals surface area contributed by atoms with Crippen molar-refractivity contribution in [2.24, 2.45) is 0 Å². The Bertz CT molecular complexity index is 323. The van der Waals surface area contributed by atoms with Gasteiger partial charge in [-0.1, -0.05) is 19.8 Å². The van der Waals surface area contributed by atoms with E-state index in [2.05, 4.69) is 15.1 Å². The zero-order valence-electron chi connectivity index (χ0n) is 13.6. The Labute approximate surface area is 128 Å². The maximum absolute atomic E-state index is 12.3. The quantitative estimate of drug-likeness (QED) is 0.762. The van der Waals surface area contributed by atoms with Crippen LogP contribution in [0.5, 0.6) is 0 Å². The monoisotopic (exact) mass is 297 g/mol. The fourth-order valence-corrected chi connectivity index (χ4v) is 3.32. The molecule has 1 saturated carbocycles. The largest absolute Gasteiger partial charge is 0.392 e. The number of piperazine rings is 1. The van der Waals surface area contributed by atoms with Gasteiger partial charge in [-0.15, -0.1) is 0 Å². The summed E-state index contributed by atoms with van der Waals surface area (Å²) in [7, 11) is 0. The van der Waals surface area contributed by atoms with E-state index in [1.54, 1.807) is 0 Å². The molecule has 122 valence electrons. The van der Waals surface area contributed by atoms with Crippen LogP contribution in [0.4, 0.5) is 0 Å². The Morgan fingerprint density at radius 3 is 2.43 bits per heavy atom. The molecular weight excluding hydrogens is 266 g/mol. The third-order valence-electron chi connectivity index (χ3n) is 4.98. The van der Waals surface area contributed by atoms with Gasteiger partial charge < -0.3 is 10.4 Å². The van der Waals surface area contributed by atoms with Gasteiger partial charge in [0.2, 0.25) is 5.91 Å². The summed E-state index contributed by atoms with van der Waals surface area (Å²) in [5.74, 6) is 0.184. The lowest BCUT2D eigenvalue weighted by atomic mass is 10.1. The fraction of sp³-hybridized carbons (Fsp3) is 0.938. The minimum Gasteiger partial charge on any atom is -0.392 e. The first-order valence-electron chi connectivity index (χ1n) is 8.55.